The second-order valence-corrected chi connectivity index (χ2v) is 8.02. The molecule has 0 radical (unpaired) electrons. The number of benzene rings is 2. The van der Waals surface area contributed by atoms with Crippen LogP contribution in [0.3, 0.4) is 0 Å². The lowest BCUT2D eigenvalue weighted by Crippen LogP contribution is -2.43. The number of carbonyl (C=O) groups is 2. The fourth-order valence-electron chi connectivity index (χ4n) is 4.04. The molecule has 31 heavy (non-hydrogen) atoms. The minimum absolute atomic E-state index is 0.190. The fourth-order valence-corrected chi connectivity index (χ4v) is 4.04. The van der Waals surface area contributed by atoms with Crippen LogP contribution in [0.15, 0.2) is 48.5 Å². The Bertz CT molecular complexity index is 864. The lowest BCUT2D eigenvalue weighted by atomic mass is 9.71. The monoisotopic (exact) mass is 429 g/mol. The summed E-state index contributed by atoms with van der Waals surface area (Å²) in [6.07, 6.45) is 4.24. The number of methoxy groups -OCH3 is 1. The summed E-state index contributed by atoms with van der Waals surface area (Å²) in [5.74, 6) is -1.34. The highest BCUT2D eigenvalue weighted by molar-refractivity contribution is 6.01. The van der Waals surface area contributed by atoms with Gasteiger partial charge in [0.1, 0.15) is 5.75 Å². The van der Waals surface area contributed by atoms with E-state index < -0.39 is 17.5 Å². The SMILES string of the molecule is COc1cccc([C@@]2(O)CCCC[C@@H]2CN(C)C)c1.O=C(O)c1ccccc1C(=O)O. The van der Waals surface area contributed by atoms with Gasteiger partial charge in [-0.05, 0) is 56.8 Å². The largest absolute Gasteiger partial charge is 0.497 e. The lowest BCUT2D eigenvalue weighted by Gasteiger charge is -2.41. The summed E-state index contributed by atoms with van der Waals surface area (Å²) >= 11 is 0. The molecule has 0 spiro atoms. The summed E-state index contributed by atoms with van der Waals surface area (Å²) in [5.41, 5.74) is -0.0924. The van der Waals surface area contributed by atoms with E-state index in [9.17, 15) is 14.7 Å². The van der Waals surface area contributed by atoms with Gasteiger partial charge in [0, 0.05) is 12.5 Å². The van der Waals surface area contributed by atoms with E-state index in [4.69, 9.17) is 14.9 Å². The maximum Gasteiger partial charge on any atom is 0.336 e. The zero-order chi connectivity index (χ0) is 23.0. The third-order valence-electron chi connectivity index (χ3n) is 5.58. The van der Waals surface area contributed by atoms with Crippen LogP contribution in [0.5, 0.6) is 5.75 Å². The Hall–Kier alpha value is -2.90. The van der Waals surface area contributed by atoms with E-state index in [1.165, 1.54) is 30.7 Å². The van der Waals surface area contributed by atoms with Gasteiger partial charge in [0.2, 0.25) is 0 Å². The molecule has 2 atom stereocenters. The predicted octanol–water partition coefficient (Wildman–Crippen LogP) is 3.72. The van der Waals surface area contributed by atoms with Crippen LogP contribution in [0, 0.1) is 5.92 Å². The molecule has 0 amide bonds. The van der Waals surface area contributed by atoms with Crippen molar-refractivity contribution in [1.29, 1.82) is 0 Å². The first-order valence-electron chi connectivity index (χ1n) is 10.3. The van der Waals surface area contributed by atoms with Crippen LogP contribution in [-0.2, 0) is 5.60 Å². The number of ether oxygens (including phenoxy) is 1. The number of aromatic carboxylic acids is 2. The lowest BCUT2D eigenvalue weighted by molar-refractivity contribution is -0.0619. The van der Waals surface area contributed by atoms with Crippen molar-refractivity contribution in [1.82, 2.24) is 4.90 Å². The van der Waals surface area contributed by atoms with E-state index >= 15 is 0 Å². The Morgan fingerprint density at radius 2 is 1.65 bits per heavy atom. The summed E-state index contributed by atoms with van der Waals surface area (Å²) in [4.78, 5) is 23.1. The number of hydrogen-bond donors (Lipinski definition) is 3. The van der Waals surface area contributed by atoms with Crippen molar-refractivity contribution in [3.8, 4) is 5.75 Å². The van der Waals surface area contributed by atoms with Gasteiger partial charge in [-0.3, -0.25) is 0 Å². The van der Waals surface area contributed by atoms with Crippen molar-refractivity contribution >= 4 is 11.9 Å². The highest BCUT2D eigenvalue weighted by Crippen LogP contribution is 2.42. The van der Waals surface area contributed by atoms with Gasteiger partial charge in [-0.1, -0.05) is 37.1 Å². The summed E-state index contributed by atoms with van der Waals surface area (Å²) < 4.78 is 5.29. The second-order valence-electron chi connectivity index (χ2n) is 8.02. The molecule has 0 aliphatic heterocycles. The third kappa shape index (κ3) is 6.29. The number of aliphatic hydroxyl groups is 1. The zero-order valence-corrected chi connectivity index (χ0v) is 18.2. The molecule has 3 rings (SSSR count). The molecule has 3 N–H and O–H groups in total. The summed E-state index contributed by atoms with van der Waals surface area (Å²) in [5, 5.41) is 28.3. The third-order valence-corrected chi connectivity index (χ3v) is 5.58. The molecule has 1 aliphatic carbocycles. The van der Waals surface area contributed by atoms with Gasteiger partial charge in [-0.25, -0.2) is 9.59 Å². The molecule has 0 aromatic heterocycles. The Morgan fingerprint density at radius 1 is 1.03 bits per heavy atom. The molecular weight excluding hydrogens is 398 g/mol. The normalized spacial score (nSPS) is 20.5. The number of rotatable bonds is 6. The quantitative estimate of drug-likeness (QED) is 0.642. The van der Waals surface area contributed by atoms with E-state index in [0.717, 1.165) is 37.1 Å². The molecular formula is C24H31NO6. The van der Waals surface area contributed by atoms with E-state index in [2.05, 4.69) is 19.0 Å². The molecule has 0 heterocycles. The molecule has 0 saturated heterocycles. The molecule has 1 aliphatic rings. The van der Waals surface area contributed by atoms with Gasteiger partial charge in [-0.2, -0.15) is 0 Å². The fraction of sp³-hybridized carbons (Fsp3) is 0.417. The van der Waals surface area contributed by atoms with Gasteiger partial charge in [0.05, 0.1) is 23.8 Å². The Labute approximate surface area is 182 Å². The highest BCUT2D eigenvalue weighted by Gasteiger charge is 2.40. The topological polar surface area (TPSA) is 107 Å². The van der Waals surface area contributed by atoms with Crippen molar-refractivity contribution < 1.29 is 29.6 Å². The van der Waals surface area contributed by atoms with E-state index in [1.807, 2.05) is 24.3 Å². The smallest absolute Gasteiger partial charge is 0.336 e. The first-order valence-corrected chi connectivity index (χ1v) is 10.3. The van der Waals surface area contributed by atoms with E-state index in [-0.39, 0.29) is 11.1 Å². The van der Waals surface area contributed by atoms with Gasteiger partial charge in [0.15, 0.2) is 0 Å². The van der Waals surface area contributed by atoms with Crippen LogP contribution in [0.1, 0.15) is 52.0 Å². The van der Waals surface area contributed by atoms with Crippen molar-refractivity contribution in [2.75, 3.05) is 27.7 Å². The first-order chi connectivity index (χ1) is 14.7. The predicted molar refractivity (Wildman–Crippen MR) is 118 cm³/mol. The Balaban J connectivity index is 0.000000245. The molecule has 168 valence electrons. The molecule has 0 bridgehead atoms. The van der Waals surface area contributed by atoms with Gasteiger partial charge < -0.3 is 25.0 Å². The van der Waals surface area contributed by atoms with Crippen LogP contribution in [0.25, 0.3) is 0 Å². The molecule has 1 fully saturated rings. The summed E-state index contributed by atoms with van der Waals surface area (Å²) in [7, 11) is 5.81. The number of carboxylic acids is 2. The minimum atomic E-state index is -1.23. The molecule has 7 heteroatoms. The highest BCUT2D eigenvalue weighted by atomic mass is 16.5. The van der Waals surface area contributed by atoms with Crippen LogP contribution in [0.4, 0.5) is 0 Å². The molecule has 0 unspecified atom stereocenters. The van der Waals surface area contributed by atoms with Gasteiger partial charge >= 0.3 is 11.9 Å². The van der Waals surface area contributed by atoms with Crippen molar-refractivity contribution in [3.63, 3.8) is 0 Å². The average molecular weight is 430 g/mol. The molecule has 2 aromatic rings. The number of hydrogen-bond acceptors (Lipinski definition) is 5. The number of nitrogens with zero attached hydrogens (tertiary/aromatic N) is 1. The van der Waals surface area contributed by atoms with Crippen LogP contribution < -0.4 is 4.74 Å². The maximum absolute atomic E-state index is 11.2. The maximum atomic E-state index is 11.2. The Kier molecular flexibility index (Phi) is 8.59. The summed E-state index contributed by atoms with van der Waals surface area (Å²) in [6, 6.07) is 13.4. The summed E-state index contributed by atoms with van der Waals surface area (Å²) in [6.45, 7) is 0.924. The first kappa shape index (κ1) is 24.4. The standard InChI is InChI=1S/C16H25NO2.C8H6O4/c1-17(2)12-14-7-4-5-10-16(14,18)13-8-6-9-15(11-13)19-3;9-7(10)5-3-1-2-4-6(5)8(11)12/h6,8-9,11,14,18H,4-5,7,10,12H2,1-3H3;1-4H,(H,9,10)(H,11,12)/t14-,16+;/m1./s1. The minimum Gasteiger partial charge on any atom is -0.497 e. The van der Waals surface area contributed by atoms with E-state index in [0.29, 0.717) is 5.92 Å². The van der Waals surface area contributed by atoms with Crippen LogP contribution >= 0.6 is 0 Å². The van der Waals surface area contributed by atoms with Crippen LogP contribution in [0.2, 0.25) is 0 Å². The zero-order valence-electron chi connectivity index (χ0n) is 18.2. The molecule has 1 saturated carbocycles. The van der Waals surface area contributed by atoms with Crippen molar-refractivity contribution in [3.05, 3.63) is 65.2 Å². The van der Waals surface area contributed by atoms with Gasteiger partial charge in [0.25, 0.3) is 0 Å². The Morgan fingerprint density at radius 3 is 2.16 bits per heavy atom. The average Bonchev–Trinajstić information content (AvgIpc) is 2.75. The van der Waals surface area contributed by atoms with Crippen molar-refractivity contribution in [2.24, 2.45) is 5.92 Å². The van der Waals surface area contributed by atoms with Gasteiger partial charge in [-0.15, -0.1) is 0 Å². The molecule has 2 aromatic carbocycles. The van der Waals surface area contributed by atoms with Crippen LogP contribution in [-0.4, -0.2) is 59.9 Å². The van der Waals surface area contributed by atoms with Crippen molar-refractivity contribution in [2.45, 2.75) is 31.3 Å². The molecule has 7 nitrogen and oxygen atoms in total. The number of carboxylic acid groups (broad SMARTS) is 2. The van der Waals surface area contributed by atoms with E-state index in [1.54, 1.807) is 7.11 Å². The second kappa shape index (κ2) is 10.9.